The lowest BCUT2D eigenvalue weighted by atomic mass is 9.48. The number of phenols is 1. The number of nitrogens with one attached hydrogen (secondary N) is 1. The summed E-state index contributed by atoms with van der Waals surface area (Å²) in [7, 11) is 0. The van der Waals surface area contributed by atoms with Crippen LogP contribution in [0.3, 0.4) is 0 Å². The first kappa shape index (κ1) is 20.3. The Morgan fingerprint density at radius 1 is 1.24 bits per heavy atom. The van der Waals surface area contributed by atoms with Gasteiger partial charge in [0.1, 0.15) is 6.10 Å². The van der Waals surface area contributed by atoms with E-state index in [0.29, 0.717) is 25.0 Å². The van der Waals surface area contributed by atoms with E-state index in [0.717, 1.165) is 42.3 Å². The van der Waals surface area contributed by atoms with E-state index in [2.05, 4.69) is 10.2 Å². The molecule has 7 heteroatoms. The summed E-state index contributed by atoms with van der Waals surface area (Å²) in [6.07, 6.45) is 5.48. The zero-order valence-electron chi connectivity index (χ0n) is 18.6. The molecule has 5 aliphatic rings. The number of hydrogen-bond acceptors (Lipinski definition) is 6. The molecule has 3 heterocycles. The maximum absolute atomic E-state index is 12.9. The summed E-state index contributed by atoms with van der Waals surface area (Å²) in [6, 6.07) is 7.57. The molecular weight excluding hydrogens is 436 g/mol. The van der Waals surface area contributed by atoms with Crippen LogP contribution in [0.1, 0.15) is 48.1 Å². The van der Waals surface area contributed by atoms with E-state index in [4.69, 9.17) is 4.74 Å². The lowest BCUT2D eigenvalue weighted by molar-refractivity contribution is -0.192. The third-order valence-corrected chi connectivity index (χ3v) is 9.90. The average Bonchev–Trinajstić information content (AvgIpc) is 3.31. The molecule has 0 unspecified atom stereocenters. The minimum atomic E-state index is -0.911. The van der Waals surface area contributed by atoms with Gasteiger partial charge in [-0.25, -0.2) is 0 Å². The van der Waals surface area contributed by atoms with Crippen molar-refractivity contribution in [2.75, 3.05) is 13.1 Å². The number of rotatable bonds is 5. The van der Waals surface area contributed by atoms with E-state index < -0.39 is 11.0 Å². The Kier molecular flexibility index (Phi) is 4.28. The zero-order chi connectivity index (χ0) is 22.4. The number of hydrogen-bond donors (Lipinski definition) is 3. The molecule has 2 aliphatic heterocycles. The van der Waals surface area contributed by atoms with Crippen molar-refractivity contribution in [1.82, 2.24) is 10.2 Å². The van der Waals surface area contributed by atoms with Gasteiger partial charge in [0, 0.05) is 23.0 Å². The van der Waals surface area contributed by atoms with Crippen LogP contribution in [-0.4, -0.2) is 57.9 Å². The summed E-state index contributed by atoms with van der Waals surface area (Å²) in [6.45, 7) is 1.99. The standard InChI is InChI=1S/C26H30N2O4S/c29-19-6-5-16-12-20-26(31)8-7-18(27-21(30)13-17-2-1-11-33-17)24-25(26,22(16)23(19)32-24)9-10-28(20)14-15-3-4-15/h1-2,5-6,11,15,18,20,24,29,31H,3-4,7-10,12-14H2,(H,27,30)/t18-,20-,24+,25+,26-/m1/s1. The minimum Gasteiger partial charge on any atom is -0.504 e. The molecule has 1 spiro atoms. The molecule has 174 valence electrons. The fourth-order valence-electron chi connectivity index (χ4n) is 7.46. The van der Waals surface area contributed by atoms with E-state index in [1.54, 1.807) is 17.4 Å². The Morgan fingerprint density at radius 3 is 2.91 bits per heavy atom. The van der Waals surface area contributed by atoms with Gasteiger partial charge in [-0.05, 0) is 74.1 Å². The zero-order valence-corrected chi connectivity index (χ0v) is 19.4. The summed E-state index contributed by atoms with van der Waals surface area (Å²) in [5.74, 6) is 1.43. The molecule has 0 radical (unpaired) electrons. The topological polar surface area (TPSA) is 82.0 Å². The van der Waals surface area contributed by atoms with Gasteiger partial charge in [-0.3, -0.25) is 9.69 Å². The number of carbonyl (C=O) groups is 1. The van der Waals surface area contributed by atoms with Crippen LogP contribution in [-0.2, 0) is 23.1 Å². The average molecular weight is 467 g/mol. The van der Waals surface area contributed by atoms with Gasteiger partial charge in [0.05, 0.1) is 23.5 Å². The molecule has 2 aromatic rings. The first-order valence-corrected chi connectivity index (χ1v) is 13.2. The van der Waals surface area contributed by atoms with Crippen LogP contribution < -0.4 is 10.1 Å². The van der Waals surface area contributed by atoms with E-state index >= 15 is 0 Å². The summed E-state index contributed by atoms with van der Waals surface area (Å²) >= 11 is 1.59. The third kappa shape index (κ3) is 2.76. The van der Waals surface area contributed by atoms with Crippen LogP contribution in [0.15, 0.2) is 29.6 Å². The number of nitrogens with zero attached hydrogens (tertiary/aromatic N) is 1. The molecule has 7 rings (SSSR count). The molecule has 1 amide bonds. The maximum Gasteiger partial charge on any atom is 0.225 e. The van der Waals surface area contributed by atoms with Gasteiger partial charge in [0.2, 0.25) is 5.91 Å². The SMILES string of the molecule is O=C(Cc1cccs1)N[C@@H]1CC[C@@]2(O)[C@H]3Cc4ccc(O)c5c4[C@@]2(CCN3CC2CC2)[C@H]1O5. The van der Waals surface area contributed by atoms with Gasteiger partial charge in [-0.15, -0.1) is 11.3 Å². The lowest BCUT2D eigenvalue weighted by Gasteiger charge is -2.64. The van der Waals surface area contributed by atoms with Gasteiger partial charge in [-0.2, -0.15) is 0 Å². The Morgan fingerprint density at radius 2 is 2.12 bits per heavy atom. The van der Waals surface area contributed by atoms with Crippen molar-refractivity contribution in [3.8, 4) is 11.5 Å². The molecule has 6 nitrogen and oxygen atoms in total. The highest BCUT2D eigenvalue weighted by atomic mass is 32.1. The molecule has 1 saturated heterocycles. The van der Waals surface area contributed by atoms with Crippen LogP contribution in [0, 0.1) is 5.92 Å². The number of amides is 1. The number of piperidine rings is 1. The maximum atomic E-state index is 12.9. The number of thiophene rings is 1. The molecular formula is C26H30N2O4S. The Balaban J connectivity index is 1.27. The molecule has 1 aromatic heterocycles. The van der Waals surface area contributed by atoms with Crippen molar-refractivity contribution in [2.45, 2.75) is 74.1 Å². The van der Waals surface area contributed by atoms with E-state index in [9.17, 15) is 15.0 Å². The quantitative estimate of drug-likeness (QED) is 0.631. The molecule has 3 fully saturated rings. The molecule has 3 N–H and O–H groups in total. The van der Waals surface area contributed by atoms with Gasteiger partial charge in [-0.1, -0.05) is 12.1 Å². The van der Waals surface area contributed by atoms with Crippen LogP contribution in [0.25, 0.3) is 0 Å². The first-order valence-electron chi connectivity index (χ1n) is 12.3. The van der Waals surface area contributed by atoms with E-state index in [1.807, 2.05) is 23.6 Å². The fraction of sp³-hybridized carbons (Fsp3) is 0.577. The molecule has 33 heavy (non-hydrogen) atoms. The number of carbonyl (C=O) groups excluding carboxylic acids is 1. The van der Waals surface area contributed by atoms with Crippen molar-refractivity contribution >= 4 is 17.2 Å². The Bertz CT molecular complexity index is 1120. The van der Waals surface area contributed by atoms with Crippen molar-refractivity contribution in [3.05, 3.63) is 45.6 Å². The molecule has 1 aromatic carbocycles. The highest BCUT2D eigenvalue weighted by Crippen LogP contribution is 2.65. The van der Waals surface area contributed by atoms with E-state index in [-0.39, 0.29) is 29.8 Å². The Hall–Kier alpha value is -2.09. The predicted octanol–water partition coefficient (Wildman–Crippen LogP) is 2.75. The molecule has 2 saturated carbocycles. The van der Waals surface area contributed by atoms with Gasteiger partial charge in [0.25, 0.3) is 0 Å². The second kappa shape index (κ2) is 6.96. The predicted molar refractivity (Wildman–Crippen MR) is 125 cm³/mol. The number of aliphatic hydroxyl groups is 1. The summed E-state index contributed by atoms with van der Waals surface area (Å²) in [5, 5.41) is 28.4. The normalized spacial score (nSPS) is 36.2. The largest absolute Gasteiger partial charge is 0.504 e. The Labute approximate surface area is 197 Å². The van der Waals surface area contributed by atoms with Gasteiger partial charge >= 0.3 is 0 Å². The van der Waals surface area contributed by atoms with Crippen LogP contribution in [0.5, 0.6) is 11.5 Å². The molecule has 5 atom stereocenters. The number of likely N-dealkylation sites (tertiary alicyclic amines) is 1. The highest BCUT2D eigenvalue weighted by molar-refractivity contribution is 7.10. The first-order chi connectivity index (χ1) is 16.0. The summed E-state index contributed by atoms with van der Waals surface area (Å²) in [5.41, 5.74) is 0.699. The van der Waals surface area contributed by atoms with Gasteiger partial charge < -0.3 is 20.3 Å². The second-order valence-electron chi connectivity index (χ2n) is 10.8. The van der Waals surface area contributed by atoms with Crippen molar-refractivity contribution in [3.63, 3.8) is 0 Å². The van der Waals surface area contributed by atoms with Crippen molar-refractivity contribution < 1.29 is 19.7 Å². The van der Waals surface area contributed by atoms with Crippen molar-refractivity contribution in [2.24, 2.45) is 5.92 Å². The lowest BCUT2D eigenvalue weighted by Crippen LogP contribution is -2.78. The van der Waals surface area contributed by atoms with Gasteiger partial charge in [0.15, 0.2) is 11.5 Å². The molecule has 3 aliphatic carbocycles. The summed E-state index contributed by atoms with van der Waals surface area (Å²) in [4.78, 5) is 16.5. The smallest absolute Gasteiger partial charge is 0.225 e. The molecule has 2 bridgehead atoms. The van der Waals surface area contributed by atoms with Crippen molar-refractivity contribution in [1.29, 1.82) is 0 Å². The summed E-state index contributed by atoms with van der Waals surface area (Å²) < 4.78 is 6.51. The third-order valence-electron chi connectivity index (χ3n) is 9.02. The van der Waals surface area contributed by atoms with Crippen LogP contribution >= 0.6 is 11.3 Å². The minimum absolute atomic E-state index is 0.00757. The number of aromatic hydroxyl groups is 1. The second-order valence-corrected chi connectivity index (χ2v) is 11.8. The van der Waals surface area contributed by atoms with Crippen LogP contribution in [0.2, 0.25) is 0 Å². The number of benzene rings is 1. The number of ether oxygens (including phenoxy) is 1. The van der Waals surface area contributed by atoms with E-state index in [1.165, 1.54) is 18.4 Å². The fourth-order valence-corrected chi connectivity index (χ4v) is 8.16. The number of phenolic OH excluding ortho intramolecular Hbond substituents is 1. The highest BCUT2D eigenvalue weighted by Gasteiger charge is 2.73. The van der Waals surface area contributed by atoms with Crippen LogP contribution in [0.4, 0.5) is 0 Å². The monoisotopic (exact) mass is 466 g/mol.